The standard InChI is InChI=1S/C26H22F3N3O4S/c1-26(14-37(34,35)15-26)11-22(33)18-10-21-24(30-12-18)23(17-3-2-4-20(9-17)36-25(28)29)31-32(21)13-16-5-7-19(27)8-6-16/h2-10,12,25H,11,13-15H2,1H3. The van der Waals surface area contributed by atoms with Crippen molar-refractivity contribution in [1.29, 1.82) is 0 Å². The molecule has 0 radical (unpaired) electrons. The lowest BCUT2D eigenvalue weighted by Crippen LogP contribution is -2.47. The molecule has 0 amide bonds. The predicted octanol–water partition coefficient (Wildman–Crippen LogP) is 4.89. The average Bonchev–Trinajstić information content (AvgIpc) is 3.16. The molecule has 0 aliphatic carbocycles. The number of ether oxygens (including phenoxy) is 1. The van der Waals surface area contributed by atoms with Crippen LogP contribution in [-0.4, -0.2) is 47.1 Å². The van der Waals surface area contributed by atoms with Gasteiger partial charge < -0.3 is 4.74 Å². The molecule has 0 N–H and O–H groups in total. The van der Waals surface area contributed by atoms with Crippen molar-refractivity contribution in [1.82, 2.24) is 14.8 Å². The number of carbonyl (C=O) groups is 1. The van der Waals surface area contributed by atoms with Gasteiger partial charge in [0.2, 0.25) is 0 Å². The number of halogens is 3. The van der Waals surface area contributed by atoms with E-state index >= 15 is 0 Å². The van der Waals surface area contributed by atoms with Gasteiger partial charge in [0.05, 0.1) is 23.6 Å². The van der Waals surface area contributed by atoms with Crippen molar-refractivity contribution < 1.29 is 31.1 Å². The summed E-state index contributed by atoms with van der Waals surface area (Å²) in [5, 5.41) is 4.65. The maximum atomic E-state index is 13.4. The van der Waals surface area contributed by atoms with Gasteiger partial charge in [-0.05, 0) is 35.9 Å². The van der Waals surface area contributed by atoms with Gasteiger partial charge in [0, 0.05) is 29.2 Å². The lowest BCUT2D eigenvalue weighted by atomic mass is 9.86. The first-order valence-electron chi connectivity index (χ1n) is 11.4. The molecule has 4 aromatic rings. The van der Waals surface area contributed by atoms with Crippen molar-refractivity contribution in [3.8, 4) is 17.0 Å². The van der Waals surface area contributed by atoms with Crippen LogP contribution in [-0.2, 0) is 16.4 Å². The van der Waals surface area contributed by atoms with Gasteiger partial charge in [-0.25, -0.2) is 12.8 Å². The normalized spacial score (nSPS) is 16.0. The smallest absolute Gasteiger partial charge is 0.387 e. The molecular weight excluding hydrogens is 507 g/mol. The molecule has 0 atom stereocenters. The largest absolute Gasteiger partial charge is 0.435 e. The number of hydrogen-bond acceptors (Lipinski definition) is 6. The minimum absolute atomic E-state index is 0.0366. The van der Waals surface area contributed by atoms with E-state index in [1.54, 1.807) is 41.9 Å². The van der Waals surface area contributed by atoms with E-state index in [9.17, 15) is 26.4 Å². The molecule has 0 bridgehead atoms. The highest BCUT2D eigenvalue weighted by Crippen LogP contribution is 2.37. The van der Waals surface area contributed by atoms with Crippen molar-refractivity contribution >= 4 is 26.7 Å². The Morgan fingerprint density at radius 3 is 2.54 bits per heavy atom. The number of nitrogens with zero attached hydrogens (tertiary/aromatic N) is 3. The van der Waals surface area contributed by atoms with Crippen molar-refractivity contribution in [3.63, 3.8) is 0 Å². The summed E-state index contributed by atoms with van der Waals surface area (Å²) in [6.07, 6.45) is 1.47. The lowest BCUT2D eigenvalue weighted by Gasteiger charge is -2.37. The molecule has 0 spiro atoms. The number of alkyl halides is 2. The minimum atomic E-state index is -3.10. The SMILES string of the molecule is CC1(CC(=O)c2cnc3c(-c4cccc(OC(F)F)c4)nn(Cc4ccc(F)cc4)c3c2)CS(=O)(=O)C1. The zero-order valence-electron chi connectivity index (χ0n) is 19.7. The van der Waals surface area contributed by atoms with Crippen molar-refractivity contribution in [2.75, 3.05) is 11.5 Å². The van der Waals surface area contributed by atoms with Crippen molar-refractivity contribution in [2.24, 2.45) is 5.41 Å². The van der Waals surface area contributed by atoms with Crippen LogP contribution in [0.4, 0.5) is 13.2 Å². The second-order valence-corrected chi connectivity index (χ2v) is 11.6. The molecule has 11 heteroatoms. The number of carbonyl (C=O) groups excluding carboxylic acids is 1. The molecule has 1 saturated heterocycles. The first-order valence-corrected chi connectivity index (χ1v) is 13.2. The first-order chi connectivity index (χ1) is 17.5. The Labute approximate surface area is 210 Å². The number of Topliss-reactive ketones (excluding diaryl/α,β-unsaturated/α-hetero) is 1. The Morgan fingerprint density at radius 2 is 1.86 bits per heavy atom. The van der Waals surface area contributed by atoms with Gasteiger partial charge in [0.1, 0.15) is 22.8 Å². The summed E-state index contributed by atoms with van der Waals surface area (Å²) in [6, 6.07) is 13.6. The van der Waals surface area contributed by atoms with Crippen LogP contribution in [0.5, 0.6) is 5.75 Å². The maximum Gasteiger partial charge on any atom is 0.387 e. The number of fused-ring (bicyclic) bond motifs is 1. The summed E-state index contributed by atoms with van der Waals surface area (Å²) in [4.78, 5) is 17.5. The van der Waals surface area contributed by atoms with E-state index in [0.717, 1.165) is 5.56 Å². The van der Waals surface area contributed by atoms with Gasteiger partial charge in [-0.15, -0.1) is 0 Å². The van der Waals surface area contributed by atoms with E-state index in [2.05, 4.69) is 14.8 Å². The number of sulfone groups is 1. The molecule has 1 aliphatic rings. The molecule has 2 aromatic heterocycles. The van der Waals surface area contributed by atoms with E-state index in [1.165, 1.54) is 30.5 Å². The van der Waals surface area contributed by atoms with Crippen molar-refractivity contribution in [2.45, 2.75) is 26.5 Å². The van der Waals surface area contributed by atoms with Crippen LogP contribution in [0.25, 0.3) is 22.3 Å². The maximum absolute atomic E-state index is 13.4. The number of hydrogen-bond donors (Lipinski definition) is 0. The number of aromatic nitrogens is 3. The van der Waals surface area contributed by atoms with Gasteiger partial charge in [-0.1, -0.05) is 31.2 Å². The number of benzene rings is 2. The summed E-state index contributed by atoms with van der Waals surface area (Å²) in [5.74, 6) is -0.734. The molecule has 0 unspecified atom stereocenters. The fraction of sp³-hybridized carbons (Fsp3) is 0.269. The Balaban J connectivity index is 1.55. The van der Waals surface area contributed by atoms with Crippen molar-refractivity contribution in [3.05, 3.63) is 77.7 Å². The number of pyridine rings is 1. The van der Waals surface area contributed by atoms with Gasteiger partial charge in [-0.2, -0.15) is 13.9 Å². The van der Waals surface area contributed by atoms with E-state index < -0.39 is 21.9 Å². The molecular formula is C26H22F3N3O4S. The molecule has 2 aromatic carbocycles. The third-order valence-corrected chi connectivity index (χ3v) is 8.49. The van der Waals surface area contributed by atoms with Gasteiger partial charge in [-0.3, -0.25) is 14.5 Å². The molecule has 1 fully saturated rings. The van der Waals surface area contributed by atoms with E-state index in [-0.39, 0.29) is 41.8 Å². The second-order valence-electron chi connectivity index (χ2n) is 9.57. The van der Waals surface area contributed by atoms with E-state index in [1.807, 2.05) is 0 Å². The summed E-state index contributed by atoms with van der Waals surface area (Å²) in [5.41, 5.74) is 2.26. The summed E-state index contributed by atoms with van der Waals surface area (Å²) >= 11 is 0. The molecule has 0 saturated carbocycles. The fourth-order valence-corrected chi connectivity index (χ4v) is 6.96. The van der Waals surface area contributed by atoms with E-state index in [4.69, 9.17) is 0 Å². The molecule has 7 nitrogen and oxygen atoms in total. The summed E-state index contributed by atoms with van der Waals surface area (Å²) in [6.45, 7) is -0.982. The highest BCUT2D eigenvalue weighted by molar-refractivity contribution is 7.92. The quantitative estimate of drug-likeness (QED) is 0.302. The fourth-order valence-electron chi connectivity index (χ4n) is 4.72. The van der Waals surface area contributed by atoms with Crippen LogP contribution < -0.4 is 4.74 Å². The van der Waals surface area contributed by atoms with Crippen LogP contribution in [0, 0.1) is 11.2 Å². The van der Waals surface area contributed by atoms with Gasteiger partial charge >= 0.3 is 6.61 Å². The highest BCUT2D eigenvalue weighted by atomic mass is 32.2. The Morgan fingerprint density at radius 1 is 1.14 bits per heavy atom. The van der Waals surface area contributed by atoms with Crippen LogP contribution in [0.1, 0.15) is 29.3 Å². The average molecular weight is 530 g/mol. The molecule has 1 aliphatic heterocycles. The Bertz CT molecular complexity index is 1590. The first kappa shape index (κ1) is 24.9. The van der Waals surface area contributed by atoms with Gasteiger partial charge in [0.15, 0.2) is 15.6 Å². The molecule has 192 valence electrons. The summed E-state index contributed by atoms with van der Waals surface area (Å²) in [7, 11) is -3.10. The molecule has 3 heterocycles. The zero-order valence-corrected chi connectivity index (χ0v) is 20.5. The lowest BCUT2D eigenvalue weighted by molar-refractivity contribution is -0.0498. The van der Waals surface area contributed by atoms with Crippen LogP contribution in [0.2, 0.25) is 0 Å². The van der Waals surface area contributed by atoms with Crippen LogP contribution in [0.15, 0.2) is 60.8 Å². The molecule has 37 heavy (non-hydrogen) atoms. The van der Waals surface area contributed by atoms with Crippen LogP contribution >= 0.6 is 0 Å². The predicted molar refractivity (Wildman–Crippen MR) is 131 cm³/mol. The Kier molecular flexibility index (Phi) is 6.26. The second kappa shape index (κ2) is 9.29. The minimum Gasteiger partial charge on any atom is -0.435 e. The number of rotatable bonds is 8. The number of ketones is 1. The van der Waals surface area contributed by atoms with Crippen LogP contribution in [0.3, 0.4) is 0 Å². The van der Waals surface area contributed by atoms with Gasteiger partial charge in [0.25, 0.3) is 0 Å². The zero-order chi connectivity index (χ0) is 26.4. The topological polar surface area (TPSA) is 91.2 Å². The Hall–Kier alpha value is -3.73. The third kappa shape index (κ3) is 5.36. The summed E-state index contributed by atoms with van der Waals surface area (Å²) < 4.78 is 68.3. The third-order valence-electron chi connectivity index (χ3n) is 6.21. The monoisotopic (exact) mass is 529 g/mol. The molecule has 5 rings (SSSR count). The van der Waals surface area contributed by atoms with E-state index in [0.29, 0.717) is 27.9 Å². The highest BCUT2D eigenvalue weighted by Gasteiger charge is 2.45.